The lowest BCUT2D eigenvalue weighted by Crippen LogP contribution is -2.38. The number of amides is 1. The molecule has 0 aliphatic heterocycles. The first-order valence-electron chi connectivity index (χ1n) is 7.87. The number of ether oxygens (including phenoxy) is 1. The van der Waals surface area contributed by atoms with E-state index in [0.29, 0.717) is 5.56 Å². The molecule has 1 saturated carbocycles. The van der Waals surface area contributed by atoms with Gasteiger partial charge in [-0.15, -0.1) is 0 Å². The molecule has 0 saturated heterocycles. The van der Waals surface area contributed by atoms with E-state index in [2.05, 4.69) is 27.9 Å². The van der Waals surface area contributed by atoms with Crippen LogP contribution in [-0.4, -0.2) is 24.5 Å². The first kappa shape index (κ1) is 17.2. The van der Waals surface area contributed by atoms with Crippen molar-refractivity contribution in [1.82, 2.24) is 5.32 Å². The Morgan fingerprint density at radius 3 is 2.27 bits per heavy atom. The number of benzene rings is 1. The summed E-state index contributed by atoms with van der Waals surface area (Å²) in [4.78, 5) is 23.8. The van der Waals surface area contributed by atoms with Crippen molar-refractivity contribution in [3.05, 3.63) is 33.4 Å². The standard InChI is InChI=1S/C17H22INO3/c18-14-10-8-13(9-11-14)17(21)22-12-16(20)19-15-6-4-2-1-3-5-7-15/h8-11,15H,1-7,12H2,(H,19,20). The molecule has 1 aliphatic rings. The van der Waals surface area contributed by atoms with E-state index in [4.69, 9.17) is 4.74 Å². The molecule has 0 bridgehead atoms. The van der Waals surface area contributed by atoms with E-state index in [1.54, 1.807) is 12.1 Å². The van der Waals surface area contributed by atoms with Crippen LogP contribution in [0.15, 0.2) is 24.3 Å². The normalized spacial score (nSPS) is 16.4. The van der Waals surface area contributed by atoms with Gasteiger partial charge in [-0.3, -0.25) is 4.79 Å². The monoisotopic (exact) mass is 415 g/mol. The molecule has 1 amide bonds. The highest BCUT2D eigenvalue weighted by molar-refractivity contribution is 14.1. The Bertz CT molecular complexity index is 493. The molecule has 1 aromatic carbocycles. The van der Waals surface area contributed by atoms with E-state index >= 15 is 0 Å². The van der Waals surface area contributed by atoms with Gasteiger partial charge in [0.05, 0.1) is 5.56 Å². The summed E-state index contributed by atoms with van der Waals surface area (Å²) in [6.45, 7) is -0.207. The van der Waals surface area contributed by atoms with Crippen LogP contribution in [0.5, 0.6) is 0 Å². The summed E-state index contributed by atoms with van der Waals surface area (Å²) >= 11 is 2.17. The maximum Gasteiger partial charge on any atom is 0.338 e. The quantitative estimate of drug-likeness (QED) is 0.603. The molecule has 0 unspecified atom stereocenters. The molecular weight excluding hydrogens is 393 g/mol. The van der Waals surface area contributed by atoms with Crippen LogP contribution in [-0.2, 0) is 9.53 Å². The second kappa shape index (κ2) is 9.12. The van der Waals surface area contributed by atoms with Crippen LogP contribution in [0.1, 0.15) is 55.3 Å². The number of esters is 1. The minimum Gasteiger partial charge on any atom is -0.452 e. The Kier molecular flexibility index (Phi) is 7.15. The number of hydrogen-bond donors (Lipinski definition) is 1. The number of nitrogens with one attached hydrogen (secondary N) is 1. The molecule has 0 heterocycles. The van der Waals surface area contributed by atoms with Crippen LogP contribution in [0.25, 0.3) is 0 Å². The third-order valence-electron chi connectivity index (χ3n) is 3.88. The lowest BCUT2D eigenvalue weighted by Gasteiger charge is -2.20. The lowest BCUT2D eigenvalue weighted by atomic mass is 9.97. The topological polar surface area (TPSA) is 55.4 Å². The van der Waals surface area contributed by atoms with Crippen molar-refractivity contribution in [2.24, 2.45) is 0 Å². The minimum absolute atomic E-state index is 0.204. The van der Waals surface area contributed by atoms with Crippen molar-refractivity contribution >= 4 is 34.5 Å². The average molecular weight is 415 g/mol. The molecule has 0 spiro atoms. The van der Waals surface area contributed by atoms with Crippen LogP contribution >= 0.6 is 22.6 Å². The summed E-state index contributed by atoms with van der Waals surface area (Å²) < 4.78 is 6.13. The maximum absolute atomic E-state index is 11.9. The zero-order valence-electron chi connectivity index (χ0n) is 12.6. The largest absolute Gasteiger partial charge is 0.452 e. The molecule has 1 aliphatic carbocycles. The van der Waals surface area contributed by atoms with Crippen molar-refractivity contribution < 1.29 is 14.3 Å². The van der Waals surface area contributed by atoms with Gasteiger partial charge in [0.15, 0.2) is 6.61 Å². The van der Waals surface area contributed by atoms with Gasteiger partial charge in [-0.25, -0.2) is 4.79 Å². The van der Waals surface area contributed by atoms with E-state index in [1.165, 1.54) is 19.3 Å². The maximum atomic E-state index is 11.9. The second-order valence-electron chi connectivity index (χ2n) is 5.69. The fourth-order valence-electron chi connectivity index (χ4n) is 2.67. The van der Waals surface area contributed by atoms with Crippen molar-refractivity contribution in [2.75, 3.05) is 6.61 Å². The summed E-state index contributed by atoms with van der Waals surface area (Å²) in [6, 6.07) is 7.32. The highest BCUT2D eigenvalue weighted by Crippen LogP contribution is 2.17. The third kappa shape index (κ3) is 5.94. The molecule has 5 heteroatoms. The van der Waals surface area contributed by atoms with Crippen molar-refractivity contribution in [1.29, 1.82) is 0 Å². The average Bonchev–Trinajstić information content (AvgIpc) is 2.48. The zero-order valence-corrected chi connectivity index (χ0v) is 14.8. The number of rotatable bonds is 4. The minimum atomic E-state index is -0.454. The Morgan fingerprint density at radius 1 is 1.05 bits per heavy atom. The molecule has 0 radical (unpaired) electrons. The first-order chi connectivity index (χ1) is 10.6. The lowest BCUT2D eigenvalue weighted by molar-refractivity contribution is -0.125. The van der Waals surface area contributed by atoms with Crippen molar-refractivity contribution in [3.63, 3.8) is 0 Å². The van der Waals surface area contributed by atoms with E-state index < -0.39 is 5.97 Å². The fourth-order valence-corrected chi connectivity index (χ4v) is 3.03. The van der Waals surface area contributed by atoms with Gasteiger partial charge in [0.2, 0.25) is 0 Å². The molecule has 0 atom stereocenters. The molecule has 1 N–H and O–H groups in total. The van der Waals surface area contributed by atoms with Crippen LogP contribution < -0.4 is 5.32 Å². The number of carbonyl (C=O) groups excluding carboxylic acids is 2. The number of hydrogen-bond acceptors (Lipinski definition) is 3. The van der Waals surface area contributed by atoms with Gasteiger partial charge in [-0.05, 0) is 59.7 Å². The zero-order chi connectivity index (χ0) is 15.8. The van der Waals surface area contributed by atoms with Crippen molar-refractivity contribution in [2.45, 2.75) is 51.0 Å². The van der Waals surface area contributed by atoms with Crippen molar-refractivity contribution in [3.8, 4) is 0 Å². The van der Waals surface area contributed by atoms with Gasteiger partial charge in [0, 0.05) is 9.61 Å². The molecule has 1 aromatic rings. The summed E-state index contributed by atoms with van der Waals surface area (Å²) in [7, 11) is 0. The van der Waals surface area contributed by atoms with E-state index in [-0.39, 0.29) is 18.6 Å². The van der Waals surface area contributed by atoms with Crippen LogP contribution in [0, 0.1) is 3.57 Å². The summed E-state index contributed by atoms with van der Waals surface area (Å²) in [5.41, 5.74) is 0.471. The highest BCUT2D eigenvalue weighted by atomic mass is 127. The van der Waals surface area contributed by atoms with E-state index in [1.807, 2.05) is 12.1 Å². The third-order valence-corrected chi connectivity index (χ3v) is 4.60. The molecule has 1 fully saturated rings. The Morgan fingerprint density at radius 2 is 1.64 bits per heavy atom. The predicted octanol–water partition coefficient (Wildman–Crippen LogP) is 3.68. The summed E-state index contributed by atoms with van der Waals surface area (Å²) in [5, 5.41) is 2.99. The molecule has 22 heavy (non-hydrogen) atoms. The summed E-state index contributed by atoms with van der Waals surface area (Å²) in [5.74, 6) is -0.659. The molecule has 120 valence electrons. The van der Waals surface area contributed by atoms with Gasteiger partial charge < -0.3 is 10.1 Å². The fraction of sp³-hybridized carbons (Fsp3) is 0.529. The Balaban J connectivity index is 1.74. The Hall–Kier alpha value is -1.11. The summed E-state index contributed by atoms with van der Waals surface area (Å²) in [6.07, 6.45) is 8.16. The van der Waals surface area contributed by atoms with Gasteiger partial charge in [-0.1, -0.05) is 32.1 Å². The predicted molar refractivity (Wildman–Crippen MR) is 93.7 cm³/mol. The Labute approximate surface area is 145 Å². The van der Waals surface area contributed by atoms with Gasteiger partial charge >= 0.3 is 5.97 Å². The number of carbonyl (C=O) groups is 2. The van der Waals surface area contributed by atoms with Gasteiger partial charge in [0.1, 0.15) is 0 Å². The first-order valence-corrected chi connectivity index (χ1v) is 8.95. The smallest absolute Gasteiger partial charge is 0.338 e. The highest BCUT2D eigenvalue weighted by Gasteiger charge is 2.15. The van der Waals surface area contributed by atoms with Crippen LogP contribution in [0.3, 0.4) is 0 Å². The van der Waals surface area contributed by atoms with E-state index in [0.717, 1.165) is 29.3 Å². The van der Waals surface area contributed by atoms with E-state index in [9.17, 15) is 9.59 Å². The molecular formula is C17H22INO3. The molecule has 0 aromatic heterocycles. The van der Waals surface area contributed by atoms with Gasteiger partial charge in [-0.2, -0.15) is 0 Å². The second-order valence-corrected chi connectivity index (χ2v) is 6.94. The molecule has 4 nitrogen and oxygen atoms in total. The molecule has 2 rings (SSSR count). The van der Waals surface area contributed by atoms with Crippen LogP contribution in [0.2, 0.25) is 0 Å². The van der Waals surface area contributed by atoms with Crippen LogP contribution in [0.4, 0.5) is 0 Å². The van der Waals surface area contributed by atoms with Gasteiger partial charge in [0.25, 0.3) is 5.91 Å². The number of halogens is 1. The SMILES string of the molecule is O=C(COC(=O)c1ccc(I)cc1)NC1CCCCCCC1.